The minimum atomic E-state index is 0.102. The molecule has 0 aliphatic heterocycles. The Labute approximate surface area is 74.3 Å². The fraction of sp³-hybridized carbons (Fsp3) is 1.00. The molecule has 1 rings (SSSR count). The van der Waals surface area contributed by atoms with Crippen LogP contribution in [0.5, 0.6) is 0 Å². The van der Waals surface area contributed by atoms with Crippen LogP contribution < -0.4 is 11.1 Å². The summed E-state index contributed by atoms with van der Waals surface area (Å²) >= 11 is 0. The van der Waals surface area contributed by atoms with Crippen LogP contribution in [0, 0.1) is 5.92 Å². The summed E-state index contributed by atoms with van der Waals surface area (Å²) < 4.78 is 0. The zero-order valence-electron chi connectivity index (χ0n) is 7.63. The standard InChI is InChI=1S/C9H20N2O/c10-6-9(7-12)11-5-4-8-2-1-3-8/h8-9,11-12H,1-7,10H2. The Morgan fingerprint density at radius 1 is 1.50 bits per heavy atom. The Bertz CT molecular complexity index is 111. The molecular formula is C9H20N2O. The van der Waals surface area contributed by atoms with E-state index in [2.05, 4.69) is 5.32 Å². The topological polar surface area (TPSA) is 58.3 Å². The van der Waals surface area contributed by atoms with Crippen LogP contribution in [0.3, 0.4) is 0 Å². The molecule has 1 atom stereocenters. The van der Waals surface area contributed by atoms with Crippen LogP contribution in [0.2, 0.25) is 0 Å². The van der Waals surface area contributed by atoms with Gasteiger partial charge in [0.05, 0.1) is 6.61 Å². The smallest absolute Gasteiger partial charge is 0.0597 e. The van der Waals surface area contributed by atoms with E-state index in [-0.39, 0.29) is 12.6 Å². The zero-order chi connectivity index (χ0) is 8.81. The first-order valence-corrected chi connectivity index (χ1v) is 4.91. The molecule has 1 saturated carbocycles. The van der Waals surface area contributed by atoms with E-state index in [1.165, 1.54) is 25.7 Å². The van der Waals surface area contributed by atoms with Crippen LogP contribution in [0.1, 0.15) is 25.7 Å². The van der Waals surface area contributed by atoms with Crippen molar-refractivity contribution in [1.82, 2.24) is 5.32 Å². The summed E-state index contributed by atoms with van der Waals surface area (Å²) in [5.74, 6) is 0.939. The van der Waals surface area contributed by atoms with E-state index >= 15 is 0 Å². The molecule has 0 bridgehead atoms. The van der Waals surface area contributed by atoms with E-state index in [1.807, 2.05) is 0 Å². The maximum absolute atomic E-state index is 8.82. The highest BCUT2D eigenvalue weighted by Crippen LogP contribution is 2.28. The summed E-state index contributed by atoms with van der Waals surface area (Å²) in [5.41, 5.74) is 5.42. The summed E-state index contributed by atoms with van der Waals surface area (Å²) in [4.78, 5) is 0. The van der Waals surface area contributed by atoms with Gasteiger partial charge in [-0.25, -0.2) is 0 Å². The minimum absolute atomic E-state index is 0.102. The highest BCUT2D eigenvalue weighted by atomic mass is 16.3. The van der Waals surface area contributed by atoms with Crippen LogP contribution in [0.25, 0.3) is 0 Å². The molecular weight excluding hydrogens is 152 g/mol. The van der Waals surface area contributed by atoms with Gasteiger partial charge in [-0.05, 0) is 18.9 Å². The zero-order valence-corrected chi connectivity index (χ0v) is 7.63. The molecule has 4 N–H and O–H groups in total. The second kappa shape index (κ2) is 5.51. The Hall–Kier alpha value is -0.120. The normalized spacial score (nSPS) is 20.5. The van der Waals surface area contributed by atoms with Crippen molar-refractivity contribution >= 4 is 0 Å². The number of aliphatic hydroxyl groups excluding tert-OH is 1. The molecule has 72 valence electrons. The first-order chi connectivity index (χ1) is 5.86. The summed E-state index contributed by atoms with van der Waals surface area (Å²) in [5, 5.41) is 12.1. The van der Waals surface area contributed by atoms with E-state index in [1.54, 1.807) is 0 Å². The largest absolute Gasteiger partial charge is 0.395 e. The van der Waals surface area contributed by atoms with E-state index < -0.39 is 0 Å². The van der Waals surface area contributed by atoms with Gasteiger partial charge in [0.25, 0.3) is 0 Å². The first-order valence-electron chi connectivity index (χ1n) is 4.91. The highest BCUT2D eigenvalue weighted by molar-refractivity contribution is 4.72. The second-order valence-corrected chi connectivity index (χ2v) is 3.65. The van der Waals surface area contributed by atoms with E-state index in [0.717, 1.165) is 12.5 Å². The van der Waals surface area contributed by atoms with Gasteiger partial charge in [-0.1, -0.05) is 19.3 Å². The van der Waals surface area contributed by atoms with E-state index in [4.69, 9.17) is 10.8 Å². The number of nitrogens with two attached hydrogens (primary N) is 1. The van der Waals surface area contributed by atoms with Crippen LogP contribution in [-0.2, 0) is 0 Å². The van der Waals surface area contributed by atoms with Crippen molar-refractivity contribution in [3.8, 4) is 0 Å². The van der Waals surface area contributed by atoms with Gasteiger partial charge >= 0.3 is 0 Å². The van der Waals surface area contributed by atoms with Gasteiger partial charge in [-0.2, -0.15) is 0 Å². The third-order valence-corrected chi connectivity index (χ3v) is 2.72. The molecule has 12 heavy (non-hydrogen) atoms. The SMILES string of the molecule is NCC(CO)NCCC1CCC1. The maximum atomic E-state index is 8.82. The molecule has 1 unspecified atom stereocenters. The molecule has 0 aromatic rings. The first kappa shape index (κ1) is 9.96. The van der Waals surface area contributed by atoms with Crippen molar-refractivity contribution in [2.45, 2.75) is 31.7 Å². The van der Waals surface area contributed by atoms with Crippen LogP contribution in [0.4, 0.5) is 0 Å². The molecule has 3 heteroatoms. The Morgan fingerprint density at radius 2 is 2.25 bits per heavy atom. The summed E-state index contributed by atoms with van der Waals surface area (Å²) in [7, 11) is 0. The number of nitrogens with one attached hydrogen (secondary N) is 1. The fourth-order valence-electron chi connectivity index (χ4n) is 1.50. The number of hydrogen-bond donors (Lipinski definition) is 3. The molecule has 0 aromatic heterocycles. The molecule has 1 aliphatic rings. The van der Waals surface area contributed by atoms with Gasteiger partial charge in [-0.15, -0.1) is 0 Å². The lowest BCUT2D eigenvalue weighted by atomic mass is 9.83. The molecule has 0 spiro atoms. The van der Waals surface area contributed by atoms with E-state index in [9.17, 15) is 0 Å². The van der Waals surface area contributed by atoms with Crippen molar-refractivity contribution in [3.63, 3.8) is 0 Å². The number of hydrogen-bond acceptors (Lipinski definition) is 3. The van der Waals surface area contributed by atoms with Crippen molar-refractivity contribution in [2.24, 2.45) is 11.7 Å². The second-order valence-electron chi connectivity index (χ2n) is 3.65. The average Bonchev–Trinajstić information content (AvgIpc) is 2.02. The van der Waals surface area contributed by atoms with Crippen molar-refractivity contribution in [2.75, 3.05) is 19.7 Å². The monoisotopic (exact) mass is 172 g/mol. The minimum Gasteiger partial charge on any atom is -0.395 e. The lowest BCUT2D eigenvalue weighted by molar-refractivity contribution is 0.234. The molecule has 1 aliphatic carbocycles. The predicted molar refractivity (Wildman–Crippen MR) is 49.9 cm³/mol. The van der Waals surface area contributed by atoms with Gasteiger partial charge in [0, 0.05) is 12.6 Å². The van der Waals surface area contributed by atoms with Crippen LogP contribution in [-0.4, -0.2) is 30.8 Å². The highest BCUT2D eigenvalue weighted by Gasteiger charge is 2.16. The molecule has 0 aromatic carbocycles. The lowest BCUT2D eigenvalue weighted by Gasteiger charge is -2.26. The molecule has 0 heterocycles. The predicted octanol–water partition coefficient (Wildman–Crippen LogP) is 0.0858. The number of aliphatic hydroxyl groups is 1. The summed E-state index contributed by atoms with van der Waals surface area (Å²) in [6, 6.07) is 0.102. The van der Waals surface area contributed by atoms with Crippen molar-refractivity contribution in [3.05, 3.63) is 0 Å². The Morgan fingerprint density at radius 3 is 2.67 bits per heavy atom. The third-order valence-electron chi connectivity index (χ3n) is 2.72. The molecule has 0 saturated heterocycles. The average molecular weight is 172 g/mol. The lowest BCUT2D eigenvalue weighted by Crippen LogP contribution is -2.40. The number of rotatable bonds is 6. The molecule has 0 amide bonds. The summed E-state index contributed by atoms with van der Waals surface area (Å²) in [6.45, 7) is 1.69. The van der Waals surface area contributed by atoms with Crippen molar-refractivity contribution < 1.29 is 5.11 Å². The van der Waals surface area contributed by atoms with Gasteiger partial charge in [0.2, 0.25) is 0 Å². The van der Waals surface area contributed by atoms with Crippen molar-refractivity contribution in [1.29, 1.82) is 0 Å². The maximum Gasteiger partial charge on any atom is 0.0597 e. The fourth-order valence-corrected chi connectivity index (χ4v) is 1.50. The molecule has 0 radical (unpaired) electrons. The van der Waals surface area contributed by atoms with Gasteiger partial charge in [-0.3, -0.25) is 0 Å². The van der Waals surface area contributed by atoms with Crippen LogP contribution in [0.15, 0.2) is 0 Å². The van der Waals surface area contributed by atoms with Gasteiger partial charge < -0.3 is 16.2 Å². The van der Waals surface area contributed by atoms with Crippen LogP contribution >= 0.6 is 0 Å². The van der Waals surface area contributed by atoms with Gasteiger partial charge in [0.1, 0.15) is 0 Å². The quantitative estimate of drug-likeness (QED) is 0.532. The molecule has 3 nitrogen and oxygen atoms in total. The Balaban J connectivity index is 1.92. The Kier molecular flexibility index (Phi) is 4.58. The van der Waals surface area contributed by atoms with E-state index in [0.29, 0.717) is 6.54 Å². The molecule has 1 fully saturated rings. The van der Waals surface area contributed by atoms with Gasteiger partial charge in [0.15, 0.2) is 0 Å². The third kappa shape index (κ3) is 3.09. The summed E-state index contributed by atoms with van der Waals surface area (Å²) in [6.07, 6.45) is 5.45.